The summed E-state index contributed by atoms with van der Waals surface area (Å²) in [6.45, 7) is 5.23. The van der Waals surface area contributed by atoms with Crippen molar-refractivity contribution in [1.29, 1.82) is 0 Å². The third kappa shape index (κ3) is 4.08. The summed E-state index contributed by atoms with van der Waals surface area (Å²) in [5, 5.41) is 11.5. The van der Waals surface area contributed by atoms with Gasteiger partial charge < -0.3 is 10.4 Å². The number of Topliss-reactive ketones (excluding diaryl/α,β-unsaturated/α-hetero) is 1. The average molecular weight is 173 g/mol. The molecule has 0 radical (unpaired) electrons. The van der Waals surface area contributed by atoms with Gasteiger partial charge in [-0.1, -0.05) is 0 Å². The molecule has 0 unspecified atom stereocenters. The molecule has 0 fully saturated rings. The summed E-state index contributed by atoms with van der Waals surface area (Å²) in [7, 11) is 0. The van der Waals surface area contributed by atoms with E-state index < -0.39 is 11.4 Å². The smallest absolute Gasteiger partial charge is 0.310 e. The summed E-state index contributed by atoms with van der Waals surface area (Å²) in [5.41, 5.74) is -0.810. The number of rotatable bonds is 5. The highest BCUT2D eigenvalue weighted by Crippen LogP contribution is 2.12. The Balaban J connectivity index is 3.76. The van der Waals surface area contributed by atoms with Gasteiger partial charge >= 0.3 is 5.97 Å². The molecule has 0 aliphatic rings. The van der Waals surface area contributed by atoms with Crippen LogP contribution in [0.1, 0.15) is 20.8 Å². The highest BCUT2D eigenvalue weighted by atomic mass is 16.4. The van der Waals surface area contributed by atoms with Gasteiger partial charge in [0.1, 0.15) is 5.78 Å². The van der Waals surface area contributed by atoms with Gasteiger partial charge in [0, 0.05) is 6.54 Å². The molecule has 0 atom stereocenters. The van der Waals surface area contributed by atoms with Crippen LogP contribution < -0.4 is 5.32 Å². The van der Waals surface area contributed by atoms with Crippen LogP contribution in [0.15, 0.2) is 0 Å². The van der Waals surface area contributed by atoms with Gasteiger partial charge in [0.25, 0.3) is 0 Å². The van der Waals surface area contributed by atoms with E-state index in [1.54, 1.807) is 13.8 Å². The molecular formula is C8H15NO3. The van der Waals surface area contributed by atoms with Gasteiger partial charge in [-0.25, -0.2) is 0 Å². The van der Waals surface area contributed by atoms with Crippen molar-refractivity contribution in [3.8, 4) is 0 Å². The lowest BCUT2D eigenvalue weighted by Crippen LogP contribution is -2.37. The predicted octanol–water partition coefficient (Wildman–Crippen LogP) is 0.276. The maximum absolute atomic E-state index is 10.6. The third-order valence-electron chi connectivity index (χ3n) is 1.52. The minimum absolute atomic E-state index is 0.0104. The van der Waals surface area contributed by atoms with Gasteiger partial charge in [-0.15, -0.1) is 0 Å². The van der Waals surface area contributed by atoms with E-state index in [4.69, 9.17) is 5.11 Å². The Morgan fingerprint density at radius 3 is 2.25 bits per heavy atom. The molecule has 0 rings (SSSR count). The topological polar surface area (TPSA) is 66.4 Å². The van der Waals surface area contributed by atoms with Crippen molar-refractivity contribution < 1.29 is 14.7 Å². The lowest BCUT2D eigenvalue weighted by molar-refractivity contribution is -0.146. The molecule has 2 N–H and O–H groups in total. The van der Waals surface area contributed by atoms with Crippen LogP contribution in [0, 0.1) is 5.41 Å². The first-order valence-corrected chi connectivity index (χ1v) is 3.80. The molecule has 0 aromatic carbocycles. The summed E-state index contributed by atoms with van der Waals surface area (Å²) < 4.78 is 0. The Morgan fingerprint density at radius 2 is 1.92 bits per heavy atom. The molecule has 4 nitrogen and oxygen atoms in total. The minimum atomic E-state index is -0.862. The van der Waals surface area contributed by atoms with Crippen LogP contribution in [-0.4, -0.2) is 29.9 Å². The zero-order valence-corrected chi connectivity index (χ0v) is 7.68. The second kappa shape index (κ2) is 4.21. The maximum Gasteiger partial charge on any atom is 0.310 e. The Labute approximate surface area is 72.0 Å². The molecular weight excluding hydrogens is 158 g/mol. The molecule has 0 saturated heterocycles. The van der Waals surface area contributed by atoms with E-state index in [0.717, 1.165) is 0 Å². The van der Waals surface area contributed by atoms with Crippen molar-refractivity contribution in [2.45, 2.75) is 20.8 Å². The lowest BCUT2D eigenvalue weighted by Gasteiger charge is -2.18. The molecule has 0 aliphatic carbocycles. The molecule has 0 aliphatic heterocycles. The highest BCUT2D eigenvalue weighted by Gasteiger charge is 2.26. The van der Waals surface area contributed by atoms with Gasteiger partial charge in [0.15, 0.2) is 0 Å². The molecule has 0 bridgehead atoms. The summed E-state index contributed by atoms with van der Waals surface area (Å²) >= 11 is 0. The number of carbonyl (C=O) groups excluding carboxylic acids is 1. The highest BCUT2D eigenvalue weighted by molar-refractivity contribution is 5.78. The zero-order valence-electron chi connectivity index (χ0n) is 7.68. The first-order chi connectivity index (χ1) is 5.36. The fourth-order valence-electron chi connectivity index (χ4n) is 0.627. The number of carbonyl (C=O) groups is 2. The molecule has 0 saturated carbocycles. The van der Waals surface area contributed by atoms with Crippen LogP contribution in [0.25, 0.3) is 0 Å². The second-order valence-electron chi connectivity index (χ2n) is 3.49. The van der Waals surface area contributed by atoms with Crippen LogP contribution >= 0.6 is 0 Å². The van der Waals surface area contributed by atoms with Crippen molar-refractivity contribution in [2.24, 2.45) is 5.41 Å². The number of hydrogen-bond donors (Lipinski definition) is 2. The number of carboxylic acid groups (broad SMARTS) is 1. The van der Waals surface area contributed by atoms with Gasteiger partial charge in [-0.05, 0) is 20.8 Å². The normalized spacial score (nSPS) is 11.2. The van der Waals surface area contributed by atoms with Crippen LogP contribution in [0.2, 0.25) is 0 Å². The Bertz CT molecular complexity index is 187. The van der Waals surface area contributed by atoms with Crippen LogP contribution in [0.5, 0.6) is 0 Å². The van der Waals surface area contributed by atoms with E-state index in [2.05, 4.69) is 5.32 Å². The SMILES string of the molecule is CC(=O)CNCC(C)(C)C(=O)O. The zero-order chi connectivity index (χ0) is 9.78. The van der Waals surface area contributed by atoms with Crippen molar-refractivity contribution in [2.75, 3.05) is 13.1 Å². The molecule has 12 heavy (non-hydrogen) atoms. The van der Waals surface area contributed by atoms with E-state index in [9.17, 15) is 9.59 Å². The number of hydrogen-bond acceptors (Lipinski definition) is 3. The number of carboxylic acids is 1. The van der Waals surface area contributed by atoms with Gasteiger partial charge in [-0.2, -0.15) is 0 Å². The average Bonchev–Trinajstić information content (AvgIpc) is 1.85. The Morgan fingerprint density at radius 1 is 1.42 bits per heavy atom. The van der Waals surface area contributed by atoms with Crippen molar-refractivity contribution in [3.63, 3.8) is 0 Å². The third-order valence-corrected chi connectivity index (χ3v) is 1.52. The molecule has 0 amide bonds. The first kappa shape index (κ1) is 11.1. The molecule has 4 heteroatoms. The monoisotopic (exact) mass is 173 g/mol. The van der Waals surface area contributed by atoms with Gasteiger partial charge in [0.05, 0.1) is 12.0 Å². The summed E-state index contributed by atoms with van der Waals surface area (Å²) in [6, 6.07) is 0. The quantitative estimate of drug-likeness (QED) is 0.626. The van der Waals surface area contributed by atoms with Crippen LogP contribution in [-0.2, 0) is 9.59 Å². The molecule has 0 aromatic rings. The number of ketones is 1. The summed E-state index contributed by atoms with van der Waals surface area (Å²) in [6.07, 6.45) is 0. The van der Waals surface area contributed by atoms with Crippen LogP contribution in [0.4, 0.5) is 0 Å². The lowest BCUT2D eigenvalue weighted by atomic mass is 9.94. The van der Waals surface area contributed by atoms with E-state index >= 15 is 0 Å². The predicted molar refractivity (Wildman–Crippen MR) is 45.0 cm³/mol. The standard InChI is InChI=1S/C8H15NO3/c1-6(10)4-9-5-8(2,3)7(11)12/h9H,4-5H2,1-3H3,(H,11,12). The molecule has 70 valence electrons. The van der Waals surface area contributed by atoms with Gasteiger partial charge in [-0.3, -0.25) is 9.59 Å². The number of aliphatic carboxylic acids is 1. The van der Waals surface area contributed by atoms with Crippen LogP contribution in [0.3, 0.4) is 0 Å². The fourth-order valence-corrected chi connectivity index (χ4v) is 0.627. The number of nitrogens with one attached hydrogen (secondary N) is 1. The summed E-state index contributed by atoms with van der Waals surface area (Å²) in [4.78, 5) is 21.1. The summed E-state index contributed by atoms with van der Waals surface area (Å²) in [5.74, 6) is -0.852. The minimum Gasteiger partial charge on any atom is -0.481 e. The van der Waals surface area contributed by atoms with Gasteiger partial charge in [0.2, 0.25) is 0 Å². The van der Waals surface area contributed by atoms with E-state index in [1.807, 2.05) is 0 Å². The first-order valence-electron chi connectivity index (χ1n) is 3.80. The van der Waals surface area contributed by atoms with Crippen molar-refractivity contribution in [1.82, 2.24) is 5.32 Å². The Kier molecular flexibility index (Phi) is 3.89. The maximum atomic E-state index is 10.6. The van der Waals surface area contributed by atoms with Crippen molar-refractivity contribution in [3.05, 3.63) is 0 Å². The fraction of sp³-hybridized carbons (Fsp3) is 0.750. The molecule has 0 aromatic heterocycles. The Hall–Kier alpha value is -0.900. The molecule has 0 heterocycles. The largest absolute Gasteiger partial charge is 0.481 e. The van der Waals surface area contributed by atoms with Crippen molar-refractivity contribution >= 4 is 11.8 Å². The van der Waals surface area contributed by atoms with E-state index in [-0.39, 0.29) is 12.3 Å². The molecule has 0 spiro atoms. The second-order valence-corrected chi connectivity index (χ2v) is 3.49. The van der Waals surface area contributed by atoms with E-state index in [0.29, 0.717) is 6.54 Å². The van der Waals surface area contributed by atoms with E-state index in [1.165, 1.54) is 6.92 Å².